The van der Waals surface area contributed by atoms with Crippen molar-refractivity contribution in [1.29, 1.82) is 0 Å². The molecule has 5 heteroatoms. The van der Waals surface area contributed by atoms with Crippen molar-refractivity contribution in [3.05, 3.63) is 17.5 Å². The summed E-state index contributed by atoms with van der Waals surface area (Å²) in [5.74, 6) is -0.717. The average Bonchev–Trinajstić information content (AvgIpc) is 2.34. The predicted octanol–water partition coefficient (Wildman–Crippen LogP) is -0.414. The molecule has 0 unspecified atom stereocenters. The molecule has 1 aromatic rings. The standard InChI is InChI=1S/C5H4N2O3/c6-5(9)4-1-3(2-8)10-7-4/h1-2H,(H2,6,9). The third-order valence-corrected chi connectivity index (χ3v) is 0.897. The molecule has 0 saturated heterocycles. The minimum Gasteiger partial charge on any atom is -0.364 e. The summed E-state index contributed by atoms with van der Waals surface area (Å²) in [4.78, 5) is 20.3. The summed E-state index contributed by atoms with van der Waals surface area (Å²) in [6.45, 7) is 0. The summed E-state index contributed by atoms with van der Waals surface area (Å²) in [7, 11) is 0. The lowest BCUT2D eigenvalue weighted by atomic mass is 10.4. The molecule has 0 aromatic carbocycles. The van der Waals surface area contributed by atoms with Gasteiger partial charge in [-0.25, -0.2) is 0 Å². The Balaban J connectivity index is 2.98. The molecule has 10 heavy (non-hydrogen) atoms. The Morgan fingerprint density at radius 1 is 1.80 bits per heavy atom. The Morgan fingerprint density at radius 3 is 2.80 bits per heavy atom. The van der Waals surface area contributed by atoms with Crippen LogP contribution in [0.5, 0.6) is 0 Å². The number of primary amides is 1. The second-order valence-electron chi connectivity index (χ2n) is 1.60. The van der Waals surface area contributed by atoms with E-state index in [-0.39, 0.29) is 11.5 Å². The van der Waals surface area contributed by atoms with Gasteiger partial charge in [0, 0.05) is 6.07 Å². The molecule has 0 aliphatic heterocycles. The number of carbonyl (C=O) groups excluding carboxylic acids is 2. The third-order valence-electron chi connectivity index (χ3n) is 0.897. The van der Waals surface area contributed by atoms with Gasteiger partial charge >= 0.3 is 0 Å². The van der Waals surface area contributed by atoms with Crippen LogP contribution in [-0.4, -0.2) is 17.4 Å². The van der Waals surface area contributed by atoms with Crippen LogP contribution in [0.2, 0.25) is 0 Å². The van der Waals surface area contributed by atoms with Crippen LogP contribution in [0.15, 0.2) is 10.6 Å². The van der Waals surface area contributed by atoms with Crippen LogP contribution in [-0.2, 0) is 0 Å². The van der Waals surface area contributed by atoms with Gasteiger partial charge in [-0.2, -0.15) is 0 Å². The summed E-state index contributed by atoms with van der Waals surface area (Å²) < 4.78 is 4.36. The highest BCUT2D eigenvalue weighted by molar-refractivity contribution is 5.91. The molecule has 1 rings (SSSR count). The summed E-state index contributed by atoms with van der Waals surface area (Å²) in [6.07, 6.45) is 0.444. The van der Waals surface area contributed by atoms with Crippen LogP contribution in [0.25, 0.3) is 0 Å². The molecule has 5 nitrogen and oxygen atoms in total. The van der Waals surface area contributed by atoms with Gasteiger partial charge in [0.2, 0.25) is 0 Å². The normalized spacial score (nSPS) is 9.20. The fraction of sp³-hybridized carbons (Fsp3) is 0. The number of nitrogens with zero attached hydrogens (tertiary/aromatic N) is 1. The maximum atomic E-state index is 10.3. The van der Waals surface area contributed by atoms with Crippen molar-refractivity contribution in [3.63, 3.8) is 0 Å². The van der Waals surface area contributed by atoms with Crippen molar-refractivity contribution in [2.75, 3.05) is 0 Å². The molecule has 0 bridgehead atoms. The molecule has 1 amide bonds. The first-order chi connectivity index (χ1) is 4.74. The van der Waals surface area contributed by atoms with E-state index >= 15 is 0 Å². The molecule has 0 radical (unpaired) electrons. The van der Waals surface area contributed by atoms with Crippen molar-refractivity contribution in [1.82, 2.24) is 5.16 Å². The summed E-state index contributed by atoms with van der Waals surface area (Å²) >= 11 is 0. The molecule has 0 fully saturated rings. The number of carbonyl (C=O) groups is 2. The van der Waals surface area contributed by atoms with Crippen molar-refractivity contribution in [2.45, 2.75) is 0 Å². The van der Waals surface area contributed by atoms with Crippen LogP contribution >= 0.6 is 0 Å². The average molecular weight is 140 g/mol. The first-order valence-electron chi connectivity index (χ1n) is 2.45. The van der Waals surface area contributed by atoms with Crippen LogP contribution < -0.4 is 5.73 Å². The summed E-state index contributed by atoms with van der Waals surface area (Å²) in [6, 6.07) is 1.18. The molecule has 1 heterocycles. The van der Waals surface area contributed by atoms with E-state index in [2.05, 4.69) is 9.68 Å². The first kappa shape index (κ1) is 6.47. The summed E-state index contributed by atoms with van der Waals surface area (Å²) in [5, 5.41) is 3.21. The number of aromatic nitrogens is 1. The smallest absolute Gasteiger partial charge is 0.270 e. The number of aldehydes is 1. The van der Waals surface area contributed by atoms with Gasteiger partial charge in [-0.15, -0.1) is 0 Å². The lowest BCUT2D eigenvalue weighted by Crippen LogP contribution is -2.10. The molecule has 1 aromatic heterocycles. The highest BCUT2D eigenvalue weighted by atomic mass is 16.5. The fourth-order valence-corrected chi connectivity index (χ4v) is 0.461. The molecule has 52 valence electrons. The Kier molecular flexibility index (Phi) is 1.49. The largest absolute Gasteiger partial charge is 0.364 e. The van der Waals surface area contributed by atoms with Crippen molar-refractivity contribution >= 4 is 12.2 Å². The van der Waals surface area contributed by atoms with E-state index in [1.54, 1.807) is 0 Å². The maximum Gasteiger partial charge on any atom is 0.270 e. The van der Waals surface area contributed by atoms with Gasteiger partial charge in [-0.3, -0.25) is 9.59 Å². The van der Waals surface area contributed by atoms with E-state index in [1.165, 1.54) is 6.07 Å². The Hall–Kier alpha value is -1.65. The monoisotopic (exact) mass is 140 g/mol. The zero-order valence-electron chi connectivity index (χ0n) is 4.90. The number of rotatable bonds is 2. The van der Waals surface area contributed by atoms with Gasteiger partial charge in [0.25, 0.3) is 5.91 Å². The van der Waals surface area contributed by atoms with Gasteiger partial charge in [0.05, 0.1) is 0 Å². The van der Waals surface area contributed by atoms with E-state index in [1.807, 2.05) is 0 Å². The molecule has 0 aliphatic rings. The Morgan fingerprint density at radius 2 is 2.50 bits per heavy atom. The van der Waals surface area contributed by atoms with E-state index < -0.39 is 5.91 Å². The lowest BCUT2D eigenvalue weighted by molar-refractivity contribution is 0.0989. The summed E-state index contributed by atoms with van der Waals surface area (Å²) in [5.41, 5.74) is 4.76. The molecular weight excluding hydrogens is 136 g/mol. The molecule has 0 atom stereocenters. The molecule has 0 aliphatic carbocycles. The predicted molar refractivity (Wildman–Crippen MR) is 30.4 cm³/mol. The Bertz CT molecular complexity index is 266. The van der Waals surface area contributed by atoms with Gasteiger partial charge in [0.1, 0.15) is 0 Å². The highest BCUT2D eigenvalue weighted by Crippen LogP contribution is 1.98. The van der Waals surface area contributed by atoms with Crippen LogP contribution in [0, 0.1) is 0 Å². The zero-order valence-corrected chi connectivity index (χ0v) is 4.90. The van der Waals surface area contributed by atoms with Crippen molar-refractivity contribution in [2.24, 2.45) is 5.73 Å². The Labute approximate surface area is 55.8 Å². The van der Waals surface area contributed by atoms with E-state index in [9.17, 15) is 9.59 Å². The van der Waals surface area contributed by atoms with E-state index in [0.29, 0.717) is 6.29 Å². The minimum absolute atomic E-state index is 0.00574. The second kappa shape index (κ2) is 2.30. The fourth-order valence-electron chi connectivity index (χ4n) is 0.461. The number of nitrogens with two attached hydrogens (primary N) is 1. The quantitative estimate of drug-likeness (QED) is 0.565. The number of hydrogen-bond donors (Lipinski definition) is 1. The van der Waals surface area contributed by atoms with Crippen molar-refractivity contribution < 1.29 is 14.1 Å². The zero-order chi connectivity index (χ0) is 7.56. The van der Waals surface area contributed by atoms with Gasteiger partial charge in [-0.05, 0) is 0 Å². The number of hydrogen-bond acceptors (Lipinski definition) is 4. The third kappa shape index (κ3) is 1.02. The highest BCUT2D eigenvalue weighted by Gasteiger charge is 2.06. The van der Waals surface area contributed by atoms with E-state index in [4.69, 9.17) is 5.73 Å². The van der Waals surface area contributed by atoms with Crippen molar-refractivity contribution in [3.8, 4) is 0 Å². The number of amides is 1. The van der Waals surface area contributed by atoms with Gasteiger partial charge in [0.15, 0.2) is 17.7 Å². The van der Waals surface area contributed by atoms with Crippen LogP contribution in [0.3, 0.4) is 0 Å². The topological polar surface area (TPSA) is 86.2 Å². The molecule has 0 saturated carbocycles. The SMILES string of the molecule is NC(=O)c1cc(C=O)on1. The molecular formula is C5H4N2O3. The maximum absolute atomic E-state index is 10.3. The van der Waals surface area contributed by atoms with Gasteiger partial charge in [-0.1, -0.05) is 5.16 Å². The lowest BCUT2D eigenvalue weighted by Gasteiger charge is -1.77. The molecule has 0 spiro atoms. The van der Waals surface area contributed by atoms with Gasteiger partial charge < -0.3 is 10.3 Å². The molecule has 2 N–H and O–H groups in total. The van der Waals surface area contributed by atoms with Crippen LogP contribution in [0.4, 0.5) is 0 Å². The minimum atomic E-state index is -0.711. The first-order valence-corrected chi connectivity index (χ1v) is 2.45. The second-order valence-corrected chi connectivity index (χ2v) is 1.60. The van der Waals surface area contributed by atoms with Crippen LogP contribution in [0.1, 0.15) is 21.0 Å². The van der Waals surface area contributed by atoms with E-state index in [0.717, 1.165) is 0 Å².